The van der Waals surface area contributed by atoms with Crippen LogP contribution in [0.2, 0.25) is 0 Å². The Morgan fingerprint density at radius 1 is 0.595 bits per heavy atom. The number of aryl methyl sites for hydroxylation is 1. The number of rotatable bonds is 14. The summed E-state index contributed by atoms with van der Waals surface area (Å²) < 4.78 is 22.3. The first-order chi connectivity index (χ1) is 18.1. The number of unbranched alkanes of at least 4 members (excludes halogenated alkanes) is 8. The van der Waals surface area contributed by atoms with Gasteiger partial charge in [-0.05, 0) is 25.3 Å². The lowest BCUT2D eigenvalue weighted by Gasteiger charge is -2.17. The van der Waals surface area contributed by atoms with Crippen LogP contribution in [0.3, 0.4) is 0 Å². The molecule has 0 aliphatic heterocycles. The second kappa shape index (κ2) is 15.1. The lowest BCUT2D eigenvalue weighted by atomic mass is 9.97. The van der Waals surface area contributed by atoms with Gasteiger partial charge in [0.25, 0.3) is 0 Å². The van der Waals surface area contributed by atoms with E-state index in [1.54, 1.807) is 0 Å². The van der Waals surface area contributed by atoms with Gasteiger partial charge in [-0.2, -0.15) is 0 Å². The van der Waals surface area contributed by atoms with Gasteiger partial charge in [0.1, 0.15) is 5.75 Å². The van der Waals surface area contributed by atoms with Crippen molar-refractivity contribution in [3.8, 4) is 11.5 Å². The van der Waals surface area contributed by atoms with Crippen molar-refractivity contribution in [2.75, 3.05) is 13.2 Å². The number of ether oxygens (including phenoxy) is 4. The highest BCUT2D eigenvalue weighted by atomic mass is 16.7. The molecule has 37 heavy (non-hydrogen) atoms. The van der Waals surface area contributed by atoms with Gasteiger partial charge in [0.2, 0.25) is 0 Å². The summed E-state index contributed by atoms with van der Waals surface area (Å²) in [6.45, 7) is 6.91. The van der Waals surface area contributed by atoms with Crippen molar-refractivity contribution in [1.82, 2.24) is 0 Å². The van der Waals surface area contributed by atoms with Crippen LogP contribution in [0, 0.1) is 6.92 Å². The standard InChI is InChI=1S/C31H40O6/c1-4-6-8-10-14-21-34-30(32)36-28-24-18-12-13-19-25(24)29(27-23(3)17-16-20-26(27)28)37-31(33)35-22-15-11-9-7-5-2/h12-13,16-20H,4-11,14-15,21-22H2,1-3H3. The van der Waals surface area contributed by atoms with Crippen molar-refractivity contribution >= 4 is 33.9 Å². The number of hydrogen-bond donors (Lipinski definition) is 0. The van der Waals surface area contributed by atoms with Crippen molar-refractivity contribution in [3.63, 3.8) is 0 Å². The molecule has 3 rings (SSSR count). The number of benzene rings is 3. The molecule has 0 heterocycles. The molecule has 0 atom stereocenters. The highest BCUT2D eigenvalue weighted by Crippen LogP contribution is 2.44. The fraction of sp³-hybridized carbons (Fsp3) is 0.484. The summed E-state index contributed by atoms with van der Waals surface area (Å²) in [4.78, 5) is 25.2. The van der Waals surface area contributed by atoms with E-state index >= 15 is 0 Å². The minimum Gasteiger partial charge on any atom is -0.434 e. The molecule has 0 saturated heterocycles. The number of carbonyl (C=O) groups excluding carboxylic acids is 2. The lowest BCUT2D eigenvalue weighted by molar-refractivity contribution is 0.0965. The molecule has 200 valence electrons. The van der Waals surface area contributed by atoms with Crippen LogP contribution in [0.15, 0.2) is 42.5 Å². The molecule has 0 N–H and O–H groups in total. The number of carbonyl (C=O) groups is 2. The lowest BCUT2D eigenvalue weighted by Crippen LogP contribution is -2.14. The van der Waals surface area contributed by atoms with Crippen molar-refractivity contribution in [1.29, 1.82) is 0 Å². The quantitative estimate of drug-likeness (QED) is 0.0935. The third-order valence-electron chi connectivity index (χ3n) is 6.47. The summed E-state index contributed by atoms with van der Waals surface area (Å²) in [5, 5.41) is 2.68. The van der Waals surface area contributed by atoms with Gasteiger partial charge >= 0.3 is 12.3 Å². The Morgan fingerprint density at radius 2 is 1.08 bits per heavy atom. The fourth-order valence-electron chi connectivity index (χ4n) is 4.48. The van der Waals surface area contributed by atoms with Crippen LogP contribution in [-0.4, -0.2) is 25.5 Å². The van der Waals surface area contributed by atoms with E-state index in [0.717, 1.165) is 44.1 Å². The topological polar surface area (TPSA) is 71.1 Å². The Hall–Kier alpha value is -3.28. The average Bonchev–Trinajstić information content (AvgIpc) is 2.90. The van der Waals surface area contributed by atoms with Crippen LogP contribution in [-0.2, 0) is 9.47 Å². The van der Waals surface area contributed by atoms with Crippen LogP contribution >= 0.6 is 0 Å². The van der Waals surface area contributed by atoms with Crippen LogP contribution in [0.5, 0.6) is 11.5 Å². The van der Waals surface area contributed by atoms with Gasteiger partial charge in [-0.3, -0.25) is 0 Å². The van der Waals surface area contributed by atoms with E-state index in [-0.39, 0.29) is 0 Å². The van der Waals surface area contributed by atoms with Gasteiger partial charge in [0.05, 0.1) is 13.2 Å². The molecule has 0 aliphatic carbocycles. The van der Waals surface area contributed by atoms with Crippen LogP contribution < -0.4 is 9.47 Å². The molecular formula is C31H40O6. The second-order valence-corrected chi connectivity index (χ2v) is 9.43. The average molecular weight is 509 g/mol. The predicted octanol–water partition coefficient (Wildman–Crippen LogP) is 9.27. The molecule has 0 fully saturated rings. The van der Waals surface area contributed by atoms with Gasteiger partial charge in [-0.15, -0.1) is 0 Å². The first kappa shape index (κ1) is 28.3. The summed E-state index contributed by atoms with van der Waals surface area (Å²) in [5.74, 6) is 0.790. The van der Waals surface area contributed by atoms with Gasteiger partial charge in [-0.1, -0.05) is 108 Å². The highest BCUT2D eigenvalue weighted by molar-refractivity contribution is 6.13. The third kappa shape index (κ3) is 8.11. The molecule has 0 amide bonds. The summed E-state index contributed by atoms with van der Waals surface area (Å²) in [7, 11) is 0. The van der Waals surface area contributed by atoms with Gasteiger partial charge < -0.3 is 18.9 Å². The highest BCUT2D eigenvalue weighted by Gasteiger charge is 2.22. The maximum atomic E-state index is 12.6. The largest absolute Gasteiger partial charge is 0.513 e. The molecule has 0 saturated carbocycles. The number of hydrogen-bond acceptors (Lipinski definition) is 6. The Bertz CT molecular complexity index is 1170. The summed E-state index contributed by atoms with van der Waals surface area (Å²) in [5.41, 5.74) is 0.889. The molecule has 6 nitrogen and oxygen atoms in total. The zero-order chi connectivity index (χ0) is 26.5. The first-order valence-corrected chi connectivity index (χ1v) is 13.7. The first-order valence-electron chi connectivity index (χ1n) is 13.7. The van der Waals surface area contributed by atoms with Crippen molar-refractivity contribution < 1.29 is 28.5 Å². The van der Waals surface area contributed by atoms with E-state index in [1.807, 2.05) is 49.4 Å². The molecule has 3 aromatic rings. The Morgan fingerprint density at radius 3 is 1.65 bits per heavy atom. The zero-order valence-electron chi connectivity index (χ0n) is 22.5. The normalized spacial score (nSPS) is 11.0. The van der Waals surface area contributed by atoms with Gasteiger partial charge in [0.15, 0.2) is 5.75 Å². The maximum absolute atomic E-state index is 12.6. The number of fused-ring (bicyclic) bond motifs is 2. The fourth-order valence-corrected chi connectivity index (χ4v) is 4.48. The van der Waals surface area contributed by atoms with E-state index < -0.39 is 12.3 Å². The molecule has 0 unspecified atom stereocenters. The minimum absolute atomic E-state index is 0.322. The molecule has 6 heteroatoms. The maximum Gasteiger partial charge on any atom is 0.513 e. The summed E-state index contributed by atoms with van der Waals surface area (Å²) in [6, 6.07) is 13.1. The smallest absolute Gasteiger partial charge is 0.434 e. The van der Waals surface area contributed by atoms with E-state index in [1.165, 1.54) is 25.7 Å². The molecule has 0 aromatic heterocycles. The monoisotopic (exact) mass is 508 g/mol. The van der Waals surface area contributed by atoms with Gasteiger partial charge in [0, 0.05) is 21.5 Å². The third-order valence-corrected chi connectivity index (χ3v) is 6.47. The van der Waals surface area contributed by atoms with Crippen molar-refractivity contribution in [2.24, 2.45) is 0 Å². The SMILES string of the molecule is CCCCCCCOC(=O)Oc1c2ccccc2c(OC(=O)OCCCCCCC)c2c(C)cccc12. The van der Waals surface area contributed by atoms with Crippen LogP contribution in [0.25, 0.3) is 21.5 Å². The van der Waals surface area contributed by atoms with E-state index in [0.29, 0.717) is 46.3 Å². The minimum atomic E-state index is -0.736. The molecule has 0 radical (unpaired) electrons. The Balaban J connectivity index is 1.81. The Kier molecular flexibility index (Phi) is 11.5. The zero-order valence-corrected chi connectivity index (χ0v) is 22.5. The van der Waals surface area contributed by atoms with Crippen LogP contribution in [0.1, 0.15) is 83.6 Å². The van der Waals surface area contributed by atoms with E-state index in [4.69, 9.17) is 18.9 Å². The molecular weight excluding hydrogens is 468 g/mol. The predicted molar refractivity (Wildman–Crippen MR) is 148 cm³/mol. The summed E-state index contributed by atoms with van der Waals surface area (Å²) >= 11 is 0. The van der Waals surface area contributed by atoms with E-state index in [2.05, 4.69) is 13.8 Å². The van der Waals surface area contributed by atoms with Gasteiger partial charge in [-0.25, -0.2) is 9.59 Å². The Labute approximate surface area is 220 Å². The van der Waals surface area contributed by atoms with Crippen molar-refractivity contribution in [2.45, 2.75) is 85.0 Å². The summed E-state index contributed by atoms with van der Waals surface area (Å²) in [6.07, 6.45) is 9.15. The molecule has 0 spiro atoms. The second-order valence-electron chi connectivity index (χ2n) is 9.43. The van der Waals surface area contributed by atoms with Crippen molar-refractivity contribution in [3.05, 3.63) is 48.0 Å². The van der Waals surface area contributed by atoms with E-state index in [9.17, 15) is 9.59 Å². The molecule has 3 aromatic carbocycles. The van der Waals surface area contributed by atoms with Crippen LogP contribution in [0.4, 0.5) is 9.59 Å². The molecule has 0 bridgehead atoms. The molecule has 0 aliphatic rings.